The van der Waals surface area contributed by atoms with Crippen molar-refractivity contribution in [1.29, 1.82) is 0 Å². The molecule has 0 amide bonds. The summed E-state index contributed by atoms with van der Waals surface area (Å²) in [6, 6.07) is 3.68. The summed E-state index contributed by atoms with van der Waals surface area (Å²) in [7, 11) is 5.41. The van der Waals surface area contributed by atoms with Gasteiger partial charge < -0.3 is 4.79 Å². The van der Waals surface area contributed by atoms with Crippen LogP contribution in [0.3, 0.4) is 0 Å². The second-order valence-corrected chi connectivity index (χ2v) is 2.87. The Kier molecular flexibility index (Phi) is 2.06. The van der Waals surface area contributed by atoms with E-state index in [9.17, 15) is 4.79 Å². The smallest absolute Gasteiger partial charge is 0.128 e. The van der Waals surface area contributed by atoms with Crippen LogP contribution < -0.4 is 4.78 Å². The van der Waals surface area contributed by atoms with Crippen molar-refractivity contribution in [2.45, 2.75) is 6.42 Å². The number of aldehydes is 1. The van der Waals surface area contributed by atoms with Crippen LogP contribution in [0.4, 0.5) is 0 Å². The van der Waals surface area contributed by atoms with Crippen LogP contribution >= 0.6 is 11.3 Å². The van der Waals surface area contributed by atoms with Crippen LogP contribution in [0.1, 0.15) is 4.88 Å². The first-order valence-electron chi connectivity index (χ1n) is 2.61. The number of hydrogen-bond acceptors (Lipinski definition) is 2. The molecule has 0 aliphatic heterocycles. The molecule has 0 spiro atoms. The van der Waals surface area contributed by atoms with Crippen LogP contribution in [-0.2, 0) is 11.2 Å². The predicted octanol–water partition coefficient (Wildman–Crippen LogP) is 0.283. The summed E-state index contributed by atoms with van der Waals surface area (Å²) in [6.07, 6.45) is 1.37. The molecule has 0 unspecified atom stereocenters. The van der Waals surface area contributed by atoms with Gasteiger partial charge in [-0.05, 0) is 10.8 Å². The van der Waals surface area contributed by atoms with Crippen LogP contribution in [0.5, 0.6) is 0 Å². The van der Waals surface area contributed by atoms with Crippen molar-refractivity contribution in [3.63, 3.8) is 0 Å². The van der Waals surface area contributed by atoms with Crippen molar-refractivity contribution in [1.82, 2.24) is 0 Å². The Morgan fingerprint density at radius 2 is 2.44 bits per heavy atom. The maximum absolute atomic E-state index is 9.95. The van der Waals surface area contributed by atoms with Gasteiger partial charge in [0.15, 0.2) is 0 Å². The van der Waals surface area contributed by atoms with Crippen LogP contribution in [0.15, 0.2) is 12.1 Å². The van der Waals surface area contributed by atoms with Gasteiger partial charge in [-0.1, -0.05) is 6.07 Å². The highest BCUT2D eigenvalue weighted by atomic mass is 32.1. The Balaban J connectivity index is 2.72. The van der Waals surface area contributed by atoms with Crippen LogP contribution in [0.2, 0.25) is 0 Å². The van der Waals surface area contributed by atoms with E-state index in [1.54, 1.807) is 0 Å². The van der Waals surface area contributed by atoms with E-state index in [4.69, 9.17) is 7.85 Å². The quantitative estimate of drug-likeness (QED) is 0.421. The summed E-state index contributed by atoms with van der Waals surface area (Å²) in [5.41, 5.74) is 0. The SMILES string of the molecule is [B]c1ccc(CC=O)s1. The van der Waals surface area contributed by atoms with Crippen molar-refractivity contribution < 1.29 is 4.79 Å². The number of hydrogen-bond donors (Lipinski definition) is 0. The van der Waals surface area contributed by atoms with Gasteiger partial charge in [-0.3, -0.25) is 0 Å². The molecule has 0 saturated carbocycles. The van der Waals surface area contributed by atoms with Gasteiger partial charge in [0.2, 0.25) is 0 Å². The Labute approximate surface area is 59.1 Å². The molecule has 1 rings (SSSR count). The fourth-order valence-electron chi connectivity index (χ4n) is 0.586. The topological polar surface area (TPSA) is 17.1 Å². The predicted molar refractivity (Wildman–Crippen MR) is 39.5 cm³/mol. The molecule has 0 fully saturated rings. The fraction of sp³-hybridized carbons (Fsp3) is 0.167. The van der Waals surface area contributed by atoms with Gasteiger partial charge >= 0.3 is 0 Å². The van der Waals surface area contributed by atoms with Gasteiger partial charge in [0.1, 0.15) is 14.1 Å². The maximum atomic E-state index is 9.95. The van der Waals surface area contributed by atoms with E-state index in [0.29, 0.717) is 6.42 Å². The van der Waals surface area contributed by atoms with Crippen LogP contribution in [0, 0.1) is 0 Å². The molecule has 1 aromatic rings. The van der Waals surface area contributed by atoms with Crippen molar-refractivity contribution >= 4 is 30.2 Å². The lowest BCUT2D eigenvalue weighted by Crippen LogP contribution is -1.89. The van der Waals surface area contributed by atoms with Gasteiger partial charge in [0, 0.05) is 11.3 Å². The van der Waals surface area contributed by atoms with Gasteiger partial charge in [0.05, 0.1) is 0 Å². The summed E-state index contributed by atoms with van der Waals surface area (Å²) in [5, 5.41) is 0. The van der Waals surface area contributed by atoms with Crippen molar-refractivity contribution in [3.05, 3.63) is 17.0 Å². The Morgan fingerprint density at radius 3 is 2.89 bits per heavy atom. The second-order valence-electron chi connectivity index (χ2n) is 1.67. The average molecular weight is 136 g/mol. The molecule has 0 aromatic carbocycles. The van der Waals surface area contributed by atoms with E-state index in [1.807, 2.05) is 12.1 Å². The van der Waals surface area contributed by atoms with Crippen molar-refractivity contribution in [2.75, 3.05) is 0 Å². The van der Waals surface area contributed by atoms with E-state index in [-0.39, 0.29) is 0 Å². The molecule has 9 heavy (non-hydrogen) atoms. The monoisotopic (exact) mass is 136 g/mol. The van der Waals surface area contributed by atoms with E-state index < -0.39 is 0 Å². The van der Waals surface area contributed by atoms with E-state index in [0.717, 1.165) is 15.9 Å². The standard InChI is InChI=1S/C6H5BOS/c7-6-2-1-5(9-6)3-4-8/h1-2,4H,3H2. The highest BCUT2D eigenvalue weighted by Gasteiger charge is 1.92. The minimum atomic E-state index is 0.488. The molecule has 0 atom stereocenters. The molecule has 44 valence electrons. The molecule has 2 radical (unpaired) electrons. The van der Waals surface area contributed by atoms with Crippen LogP contribution in [0.25, 0.3) is 0 Å². The third-order valence-electron chi connectivity index (χ3n) is 0.967. The van der Waals surface area contributed by atoms with Gasteiger partial charge in [-0.25, -0.2) is 0 Å². The third kappa shape index (κ3) is 1.68. The number of thiophene rings is 1. The van der Waals surface area contributed by atoms with E-state index >= 15 is 0 Å². The Hall–Kier alpha value is -0.565. The van der Waals surface area contributed by atoms with Crippen molar-refractivity contribution in [3.8, 4) is 0 Å². The third-order valence-corrected chi connectivity index (χ3v) is 1.90. The molecule has 0 aliphatic carbocycles. The normalized spacial score (nSPS) is 9.33. The zero-order chi connectivity index (χ0) is 6.69. The Morgan fingerprint density at radius 1 is 1.67 bits per heavy atom. The van der Waals surface area contributed by atoms with Crippen molar-refractivity contribution in [2.24, 2.45) is 0 Å². The summed E-state index contributed by atoms with van der Waals surface area (Å²) in [6.45, 7) is 0. The lowest BCUT2D eigenvalue weighted by molar-refractivity contribution is -0.107. The number of rotatable bonds is 2. The zero-order valence-corrected chi connectivity index (χ0v) is 5.65. The summed E-state index contributed by atoms with van der Waals surface area (Å²) in [4.78, 5) is 11.0. The number of carbonyl (C=O) groups is 1. The lowest BCUT2D eigenvalue weighted by atomic mass is 10.1. The molecule has 3 heteroatoms. The highest BCUT2D eigenvalue weighted by Crippen LogP contribution is 2.03. The first-order chi connectivity index (χ1) is 4.33. The first kappa shape index (κ1) is 6.55. The summed E-state index contributed by atoms with van der Waals surface area (Å²) >= 11 is 1.46. The molecular weight excluding hydrogens is 131 g/mol. The molecule has 1 aromatic heterocycles. The molecule has 1 nitrogen and oxygen atoms in total. The first-order valence-corrected chi connectivity index (χ1v) is 3.42. The van der Waals surface area contributed by atoms with E-state index in [1.165, 1.54) is 11.3 Å². The largest absolute Gasteiger partial charge is 0.303 e. The van der Waals surface area contributed by atoms with E-state index in [2.05, 4.69) is 0 Å². The van der Waals surface area contributed by atoms with Crippen LogP contribution in [-0.4, -0.2) is 14.1 Å². The minimum absolute atomic E-state index is 0.488. The second kappa shape index (κ2) is 2.83. The minimum Gasteiger partial charge on any atom is -0.303 e. The molecular formula is C6H5BOS. The molecule has 0 N–H and O–H groups in total. The molecule has 0 bridgehead atoms. The van der Waals surface area contributed by atoms with Gasteiger partial charge in [0.25, 0.3) is 0 Å². The van der Waals surface area contributed by atoms with Gasteiger partial charge in [-0.15, -0.1) is 0 Å². The molecule has 0 aliphatic rings. The maximum Gasteiger partial charge on any atom is 0.128 e. The van der Waals surface area contributed by atoms with Gasteiger partial charge in [-0.2, -0.15) is 11.3 Å². The molecule has 0 saturated heterocycles. The highest BCUT2D eigenvalue weighted by molar-refractivity contribution is 7.20. The lowest BCUT2D eigenvalue weighted by Gasteiger charge is -1.80. The fourth-order valence-corrected chi connectivity index (χ4v) is 1.31. The summed E-state index contributed by atoms with van der Waals surface area (Å²) < 4.78 is 0.770. The molecule has 1 heterocycles. The summed E-state index contributed by atoms with van der Waals surface area (Å²) in [5.74, 6) is 0. The Bertz CT molecular complexity index is 207. The number of carbonyl (C=O) groups excluding carboxylic acids is 1. The average Bonchev–Trinajstić information content (AvgIpc) is 2.17. The zero-order valence-electron chi connectivity index (χ0n) is 4.83.